The summed E-state index contributed by atoms with van der Waals surface area (Å²) in [4.78, 5) is 0. The van der Waals surface area contributed by atoms with Crippen molar-refractivity contribution in [1.29, 1.82) is 0 Å². The number of allylic oxidation sites excluding steroid dienone is 1. The molecule has 0 unspecified atom stereocenters. The third-order valence-electron chi connectivity index (χ3n) is 3.96. The van der Waals surface area contributed by atoms with Crippen LogP contribution in [0.3, 0.4) is 0 Å². The lowest BCUT2D eigenvalue weighted by molar-refractivity contribution is 0.447. The zero-order chi connectivity index (χ0) is 18.6. The van der Waals surface area contributed by atoms with Gasteiger partial charge in [-0.05, 0) is 23.8 Å². The maximum atomic E-state index is 12.0. The largest absolute Gasteiger partial charge is 0.402 e. The van der Waals surface area contributed by atoms with E-state index >= 15 is 0 Å². The minimum atomic E-state index is -5.33. The van der Waals surface area contributed by atoms with Gasteiger partial charge in [0.1, 0.15) is 0 Å². The van der Waals surface area contributed by atoms with E-state index in [0.717, 1.165) is 0 Å². The molecule has 0 spiro atoms. The highest BCUT2D eigenvalue weighted by Crippen LogP contribution is 2.47. The van der Waals surface area contributed by atoms with Crippen LogP contribution in [0.2, 0.25) is 0 Å². The van der Waals surface area contributed by atoms with Crippen LogP contribution in [0.15, 0.2) is 42.1 Å². The van der Waals surface area contributed by atoms with E-state index < -0.39 is 29.7 Å². The van der Waals surface area contributed by atoms with Crippen LogP contribution in [0.5, 0.6) is 0 Å². The maximum Gasteiger partial charge on any atom is 0.296 e. The lowest BCUT2D eigenvalue weighted by Crippen LogP contribution is -2.49. The number of nitrogen functional groups attached to an aromatic ring is 1. The molecule has 0 atom stereocenters. The summed E-state index contributed by atoms with van der Waals surface area (Å²) in [5.41, 5.74) is 10.5. The number of anilines is 1. The SMILES string of the molecule is CC1(C)C=C(c2ccc(N)cc2)C(S(=O)(=O)O)(S(=O)(=O)O)C=C1N. The first-order valence-corrected chi connectivity index (χ1v) is 9.62. The number of hydrogen-bond donors (Lipinski definition) is 4. The second kappa shape index (κ2) is 5.31. The molecular weight excluding hydrogens is 356 g/mol. The Kier molecular flexibility index (Phi) is 4.09. The number of hydrogen-bond acceptors (Lipinski definition) is 6. The predicted octanol–water partition coefficient (Wildman–Crippen LogP) is 1.01. The molecule has 1 aromatic carbocycles. The molecule has 0 aromatic heterocycles. The Hall–Kier alpha value is -1.88. The van der Waals surface area contributed by atoms with E-state index in [2.05, 4.69) is 0 Å². The van der Waals surface area contributed by atoms with Crippen molar-refractivity contribution in [2.24, 2.45) is 11.1 Å². The van der Waals surface area contributed by atoms with Crippen molar-refractivity contribution in [1.82, 2.24) is 0 Å². The fourth-order valence-electron chi connectivity index (χ4n) is 2.52. The van der Waals surface area contributed by atoms with Gasteiger partial charge in [-0.3, -0.25) is 9.11 Å². The van der Waals surface area contributed by atoms with E-state index in [9.17, 15) is 25.9 Å². The van der Waals surface area contributed by atoms with Crippen molar-refractivity contribution >= 4 is 31.5 Å². The molecule has 0 saturated carbocycles. The lowest BCUT2D eigenvalue weighted by Gasteiger charge is -2.36. The van der Waals surface area contributed by atoms with Crippen LogP contribution >= 0.6 is 0 Å². The number of rotatable bonds is 3. The molecule has 10 heteroatoms. The van der Waals surface area contributed by atoms with Crippen molar-refractivity contribution in [3.05, 3.63) is 47.7 Å². The average molecular weight is 374 g/mol. The first-order valence-electron chi connectivity index (χ1n) is 6.74. The Morgan fingerprint density at radius 2 is 1.33 bits per heavy atom. The second-order valence-electron chi connectivity index (χ2n) is 6.12. The Labute approximate surface area is 140 Å². The average Bonchev–Trinajstić information content (AvgIpc) is 2.39. The van der Waals surface area contributed by atoms with Crippen LogP contribution < -0.4 is 11.5 Å². The second-order valence-corrected chi connectivity index (χ2v) is 9.57. The third-order valence-corrected chi connectivity index (χ3v) is 7.43. The molecule has 0 radical (unpaired) electrons. The van der Waals surface area contributed by atoms with E-state index in [4.69, 9.17) is 11.5 Å². The maximum absolute atomic E-state index is 12.0. The fourth-order valence-corrected chi connectivity index (χ4v) is 5.05. The molecule has 6 N–H and O–H groups in total. The van der Waals surface area contributed by atoms with Crippen molar-refractivity contribution in [3.8, 4) is 0 Å². The van der Waals surface area contributed by atoms with Gasteiger partial charge in [-0.1, -0.05) is 32.1 Å². The smallest absolute Gasteiger partial charge is 0.296 e. The minimum Gasteiger partial charge on any atom is -0.402 e. The Morgan fingerprint density at radius 1 is 0.875 bits per heavy atom. The van der Waals surface area contributed by atoms with E-state index in [1.165, 1.54) is 30.3 Å². The van der Waals surface area contributed by atoms with Gasteiger partial charge in [-0.15, -0.1) is 0 Å². The molecule has 1 aliphatic rings. The monoisotopic (exact) mass is 374 g/mol. The van der Waals surface area contributed by atoms with Gasteiger partial charge >= 0.3 is 0 Å². The Bertz CT molecular complexity index is 909. The standard InChI is InChI=1S/C14H18N2O6S2/c1-13(2)7-11(9-3-5-10(15)6-4-9)14(8-12(13)16,23(17,18)19)24(20,21)22/h3-8H,15-16H2,1-2H3,(H,17,18,19)(H,20,21,22). The van der Waals surface area contributed by atoms with Crippen molar-refractivity contribution < 1.29 is 25.9 Å². The van der Waals surface area contributed by atoms with Crippen LogP contribution in [0.4, 0.5) is 5.69 Å². The molecule has 0 saturated heterocycles. The molecule has 132 valence electrons. The number of benzene rings is 1. The number of nitrogens with two attached hydrogens (primary N) is 2. The molecule has 0 fully saturated rings. The predicted molar refractivity (Wildman–Crippen MR) is 90.7 cm³/mol. The summed E-state index contributed by atoms with van der Waals surface area (Å²) in [5.74, 6) is 0. The van der Waals surface area contributed by atoms with Crippen LogP contribution in [-0.4, -0.2) is 30.0 Å². The molecule has 24 heavy (non-hydrogen) atoms. The molecule has 1 aromatic rings. The van der Waals surface area contributed by atoms with Crippen LogP contribution in [0.1, 0.15) is 19.4 Å². The Morgan fingerprint density at radius 3 is 1.75 bits per heavy atom. The van der Waals surface area contributed by atoms with Gasteiger partial charge in [0.2, 0.25) is 0 Å². The summed E-state index contributed by atoms with van der Waals surface area (Å²) in [6, 6.07) is 5.64. The zero-order valence-corrected chi connectivity index (χ0v) is 14.6. The van der Waals surface area contributed by atoms with E-state index in [-0.39, 0.29) is 16.8 Å². The summed E-state index contributed by atoms with van der Waals surface area (Å²) in [6.07, 6.45) is 1.94. The molecule has 0 bridgehead atoms. The van der Waals surface area contributed by atoms with E-state index in [1.807, 2.05) is 0 Å². The molecular formula is C14H18N2O6S2. The van der Waals surface area contributed by atoms with Crippen molar-refractivity contribution in [3.63, 3.8) is 0 Å². The minimum absolute atomic E-state index is 0.128. The van der Waals surface area contributed by atoms with Crippen molar-refractivity contribution in [2.75, 3.05) is 5.73 Å². The molecule has 8 nitrogen and oxygen atoms in total. The first-order chi connectivity index (χ1) is 10.7. The van der Waals surface area contributed by atoms with Crippen molar-refractivity contribution in [2.45, 2.75) is 17.9 Å². The highest BCUT2D eigenvalue weighted by molar-refractivity contribution is 8.06. The molecule has 0 heterocycles. The lowest BCUT2D eigenvalue weighted by atomic mass is 9.80. The summed E-state index contributed by atoms with van der Waals surface area (Å²) in [5, 5.41) is 0. The topological polar surface area (TPSA) is 161 Å². The van der Waals surface area contributed by atoms with Crippen LogP contribution in [0, 0.1) is 5.41 Å². The molecule has 2 rings (SSSR count). The van der Waals surface area contributed by atoms with Gasteiger partial charge in [-0.2, -0.15) is 16.8 Å². The molecule has 1 aliphatic carbocycles. The Balaban J connectivity index is 2.97. The van der Waals surface area contributed by atoms with E-state index in [0.29, 0.717) is 11.8 Å². The summed E-state index contributed by atoms with van der Waals surface area (Å²) in [6.45, 7) is 3.27. The fraction of sp³-hybridized carbons (Fsp3) is 0.286. The highest BCUT2D eigenvalue weighted by Gasteiger charge is 2.59. The first kappa shape index (κ1) is 18.5. The van der Waals surface area contributed by atoms with Crippen LogP contribution in [-0.2, 0) is 20.2 Å². The summed E-state index contributed by atoms with van der Waals surface area (Å²) in [7, 11) is -10.7. The van der Waals surface area contributed by atoms with Gasteiger partial charge < -0.3 is 11.5 Å². The normalized spacial score (nSPS) is 20.2. The molecule has 0 amide bonds. The summed E-state index contributed by atoms with van der Waals surface area (Å²) < 4.78 is 64.3. The quantitative estimate of drug-likeness (QED) is 0.450. The van der Waals surface area contributed by atoms with Crippen LogP contribution in [0.25, 0.3) is 5.57 Å². The van der Waals surface area contributed by atoms with Gasteiger partial charge in [0.15, 0.2) is 0 Å². The molecule has 0 aliphatic heterocycles. The van der Waals surface area contributed by atoms with Gasteiger partial charge in [-0.25, -0.2) is 0 Å². The van der Waals surface area contributed by atoms with Gasteiger partial charge in [0, 0.05) is 22.4 Å². The van der Waals surface area contributed by atoms with E-state index in [1.54, 1.807) is 13.8 Å². The highest BCUT2D eigenvalue weighted by atomic mass is 32.3. The third kappa shape index (κ3) is 2.71. The van der Waals surface area contributed by atoms with Gasteiger partial charge in [0.25, 0.3) is 24.3 Å². The summed E-state index contributed by atoms with van der Waals surface area (Å²) >= 11 is 0. The van der Waals surface area contributed by atoms with Gasteiger partial charge in [0.05, 0.1) is 0 Å². The zero-order valence-electron chi connectivity index (χ0n) is 13.0.